The van der Waals surface area contributed by atoms with E-state index in [1.54, 1.807) is 0 Å². The summed E-state index contributed by atoms with van der Waals surface area (Å²) < 4.78 is 2.59. The number of para-hydroxylation sites is 1. The molecule has 2 aromatic carbocycles. The molecule has 0 unspecified atom stereocenters. The fourth-order valence-corrected chi connectivity index (χ4v) is 2.59. The highest BCUT2D eigenvalue weighted by molar-refractivity contribution is 7.71. The molecule has 0 aliphatic rings. The molecule has 0 amide bonds. The van der Waals surface area contributed by atoms with Crippen molar-refractivity contribution in [3.05, 3.63) is 77.2 Å². The Hall–Kier alpha value is -2.26. The molecule has 1 heterocycles. The zero-order chi connectivity index (χ0) is 13.9. The Morgan fingerprint density at radius 3 is 2.15 bits per heavy atom. The van der Waals surface area contributed by atoms with Crippen LogP contribution in [0.4, 0.5) is 0 Å². The fourth-order valence-electron chi connectivity index (χ4n) is 2.25. The Morgan fingerprint density at radius 1 is 0.900 bits per heavy atom. The van der Waals surface area contributed by atoms with Gasteiger partial charge in [-0.15, -0.1) is 0 Å². The van der Waals surface area contributed by atoms with Crippen LogP contribution in [0.1, 0.15) is 5.69 Å². The molecule has 0 radical (unpaired) electrons. The number of hydrogen-bond donors (Lipinski definition) is 0. The summed E-state index contributed by atoms with van der Waals surface area (Å²) in [7, 11) is 0. The van der Waals surface area contributed by atoms with Gasteiger partial charge in [-0.05, 0) is 42.9 Å². The maximum absolute atomic E-state index is 5.46. The second-order valence-electron chi connectivity index (χ2n) is 4.60. The molecule has 0 N–H and O–H groups in total. The largest absolute Gasteiger partial charge is 0.285 e. The van der Waals surface area contributed by atoms with Crippen LogP contribution < -0.4 is 0 Å². The highest BCUT2D eigenvalue weighted by Gasteiger charge is 2.08. The van der Waals surface area contributed by atoms with E-state index in [-0.39, 0.29) is 0 Å². The normalized spacial score (nSPS) is 10.4. The topological polar surface area (TPSA) is 17.8 Å². The molecule has 3 rings (SSSR count). The Bertz CT molecular complexity index is 777. The lowest BCUT2D eigenvalue weighted by atomic mass is 10.1. The van der Waals surface area contributed by atoms with E-state index < -0.39 is 0 Å². The number of nitrogens with zero attached hydrogens (tertiary/aromatic N) is 2. The molecule has 3 heteroatoms. The summed E-state index contributed by atoms with van der Waals surface area (Å²) >= 11 is 5.46. The van der Waals surface area contributed by atoms with Gasteiger partial charge < -0.3 is 0 Å². The summed E-state index contributed by atoms with van der Waals surface area (Å²) in [4.78, 5) is 4.41. The molecule has 1 aromatic heterocycles. The number of hydrogen-bond acceptors (Lipinski definition) is 2. The zero-order valence-electron chi connectivity index (χ0n) is 11.2. The molecule has 2 nitrogen and oxygen atoms in total. The number of benzene rings is 2. The maximum atomic E-state index is 5.46. The Morgan fingerprint density at radius 2 is 1.50 bits per heavy atom. The molecular formula is C17H14N2S. The quantitative estimate of drug-likeness (QED) is 0.639. The first-order valence-electron chi connectivity index (χ1n) is 6.47. The second-order valence-corrected chi connectivity index (χ2v) is 4.97. The second kappa shape index (κ2) is 5.39. The first-order chi connectivity index (χ1) is 9.75. The van der Waals surface area contributed by atoms with Gasteiger partial charge in [-0.3, -0.25) is 4.57 Å². The van der Waals surface area contributed by atoms with Crippen molar-refractivity contribution in [2.75, 3.05) is 0 Å². The minimum absolute atomic E-state index is 0.579. The van der Waals surface area contributed by atoms with E-state index in [2.05, 4.69) is 23.2 Å². The number of rotatable bonds is 2. The third-order valence-electron chi connectivity index (χ3n) is 3.13. The lowest BCUT2D eigenvalue weighted by Crippen LogP contribution is -2.04. The van der Waals surface area contributed by atoms with E-state index >= 15 is 0 Å². The lowest BCUT2D eigenvalue weighted by Gasteiger charge is -2.14. The van der Waals surface area contributed by atoms with Crippen molar-refractivity contribution in [1.29, 1.82) is 0 Å². The van der Waals surface area contributed by atoms with E-state index in [1.165, 1.54) is 0 Å². The van der Waals surface area contributed by atoms with E-state index in [0.717, 1.165) is 22.6 Å². The first-order valence-corrected chi connectivity index (χ1v) is 6.88. The Kier molecular flexibility index (Phi) is 3.44. The van der Waals surface area contributed by atoms with Gasteiger partial charge in [0.2, 0.25) is 4.77 Å². The maximum Gasteiger partial charge on any atom is 0.204 e. The molecule has 0 aliphatic carbocycles. The molecular weight excluding hydrogens is 264 g/mol. The third-order valence-corrected chi connectivity index (χ3v) is 3.41. The average Bonchev–Trinajstić information content (AvgIpc) is 2.48. The van der Waals surface area contributed by atoms with E-state index in [1.807, 2.05) is 60.0 Å². The van der Waals surface area contributed by atoms with Crippen molar-refractivity contribution in [1.82, 2.24) is 9.55 Å². The van der Waals surface area contributed by atoms with Crippen LogP contribution in [0.3, 0.4) is 0 Å². The summed E-state index contributed by atoms with van der Waals surface area (Å²) in [5.74, 6) is 0. The monoisotopic (exact) mass is 278 g/mol. The smallest absolute Gasteiger partial charge is 0.204 e. The van der Waals surface area contributed by atoms with Crippen molar-refractivity contribution in [3.63, 3.8) is 0 Å². The molecule has 0 bridgehead atoms. The van der Waals surface area contributed by atoms with Gasteiger partial charge in [-0.1, -0.05) is 48.5 Å². The van der Waals surface area contributed by atoms with E-state index in [4.69, 9.17) is 12.2 Å². The average molecular weight is 278 g/mol. The molecule has 20 heavy (non-hydrogen) atoms. The summed E-state index contributed by atoms with van der Waals surface area (Å²) in [5.41, 5.74) is 4.16. The van der Waals surface area contributed by atoms with Crippen molar-refractivity contribution in [3.8, 4) is 16.9 Å². The minimum Gasteiger partial charge on any atom is -0.285 e. The number of aryl methyl sites for hydroxylation is 1. The molecule has 0 saturated carbocycles. The first kappa shape index (κ1) is 12.8. The highest BCUT2D eigenvalue weighted by atomic mass is 32.1. The van der Waals surface area contributed by atoms with Crippen LogP contribution in [0.25, 0.3) is 16.9 Å². The minimum atomic E-state index is 0.579. The molecule has 0 fully saturated rings. The SMILES string of the molecule is Cc1cc(-c2ccccc2)n(-c2ccccc2)c(=S)n1. The van der Waals surface area contributed by atoms with Crippen LogP contribution >= 0.6 is 12.2 Å². The predicted molar refractivity (Wildman–Crippen MR) is 84.6 cm³/mol. The summed E-state index contributed by atoms with van der Waals surface area (Å²) in [6.07, 6.45) is 0. The predicted octanol–water partition coefficient (Wildman–Crippen LogP) is 4.58. The highest BCUT2D eigenvalue weighted by Crippen LogP contribution is 2.23. The fraction of sp³-hybridized carbons (Fsp3) is 0.0588. The van der Waals surface area contributed by atoms with Crippen molar-refractivity contribution in [2.24, 2.45) is 0 Å². The van der Waals surface area contributed by atoms with Gasteiger partial charge in [-0.25, -0.2) is 4.98 Å². The van der Waals surface area contributed by atoms with Crippen molar-refractivity contribution < 1.29 is 0 Å². The molecule has 98 valence electrons. The van der Waals surface area contributed by atoms with E-state index in [0.29, 0.717) is 4.77 Å². The molecule has 0 saturated heterocycles. The van der Waals surface area contributed by atoms with Gasteiger partial charge in [-0.2, -0.15) is 0 Å². The van der Waals surface area contributed by atoms with Crippen LogP contribution in [0.2, 0.25) is 0 Å². The standard InChI is InChI=1S/C17H14N2S/c1-13-12-16(14-8-4-2-5-9-14)19(17(20)18-13)15-10-6-3-7-11-15/h2-12H,1H3. The van der Waals surface area contributed by atoms with Gasteiger partial charge in [0.05, 0.1) is 5.69 Å². The van der Waals surface area contributed by atoms with Gasteiger partial charge in [0.25, 0.3) is 0 Å². The van der Waals surface area contributed by atoms with Gasteiger partial charge in [0.1, 0.15) is 0 Å². The lowest BCUT2D eigenvalue weighted by molar-refractivity contribution is 0.943. The van der Waals surface area contributed by atoms with Crippen molar-refractivity contribution >= 4 is 12.2 Å². The van der Waals surface area contributed by atoms with Crippen LogP contribution in [0.15, 0.2) is 66.7 Å². The summed E-state index contributed by atoms with van der Waals surface area (Å²) in [5, 5.41) is 0. The van der Waals surface area contributed by atoms with Gasteiger partial charge in [0, 0.05) is 11.4 Å². The molecule has 0 atom stereocenters. The summed E-state index contributed by atoms with van der Waals surface area (Å²) in [6, 6.07) is 22.4. The molecule has 3 aromatic rings. The van der Waals surface area contributed by atoms with Crippen LogP contribution in [0, 0.1) is 11.7 Å². The molecule has 0 aliphatic heterocycles. The van der Waals surface area contributed by atoms with Crippen LogP contribution in [-0.4, -0.2) is 9.55 Å². The third kappa shape index (κ3) is 2.40. The number of aromatic nitrogens is 2. The van der Waals surface area contributed by atoms with Crippen molar-refractivity contribution in [2.45, 2.75) is 6.92 Å². The van der Waals surface area contributed by atoms with Gasteiger partial charge in [0.15, 0.2) is 0 Å². The van der Waals surface area contributed by atoms with Crippen LogP contribution in [-0.2, 0) is 0 Å². The Balaban J connectivity index is 2.32. The van der Waals surface area contributed by atoms with Gasteiger partial charge >= 0.3 is 0 Å². The Labute approximate surface area is 123 Å². The zero-order valence-corrected chi connectivity index (χ0v) is 12.0. The summed E-state index contributed by atoms with van der Waals surface area (Å²) in [6.45, 7) is 1.97. The molecule has 0 spiro atoms. The van der Waals surface area contributed by atoms with Crippen LogP contribution in [0.5, 0.6) is 0 Å². The van der Waals surface area contributed by atoms with E-state index in [9.17, 15) is 0 Å².